The molecule has 0 bridgehead atoms. The lowest BCUT2D eigenvalue weighted by Crippen LogP contribution is -2.32. The number of hydrogen-bond acceptors (Lipinski definition) is 4. The van der Waals surface area contributed by atoms with Crippen molar-refractivity contribution in [3.8, 4) is 0 Å². The fraction of sp³-hybridized carbons (Fsp3) is 0.550. The number of ether oxygens (including phenoxy) is 1. The second kappa shape index (κ2) is 8.61. The number of hydrogen-bond donors (Lipinski definition) is 1. The normalized spacial score (nSPS) is 20.5. The lowest BCUT2D eigenvalue weighted by molar-refractivity contribution is 0.0227. The maximum atomic E-state index is 9.27. The van der Waals surface area contributed by atoms with Gasteiger partial charge >= 0.3 is 0 Å². The van der Waals surface area contributed by atoms with Crippen LogP contribution in [0, 0.1) is 0 Å². The van der Waals surface area contributed by atoms with Gasteiger partial charge in [0.05, 0.1) is 25.0 Å². The summed E-state index contributed by atoms with van der Waals surface area (Å²) >= 11 is 0. The Morgan fingerprint density at radius 3 is 2.76 bits per heavy atom. The number of benzene rings is 1. The zero-order valence-corrected chi connectivity index (χ0v) is 15.3. The third-order valence-electron chi connectivity index (χ3n) is 4.91. The van der Waals surface area contributed by atoms with E-state index in [-0.39, 0.29) is 12.7 Å². The van der Waals surface area contributed by atoms with Crippen LogP contribution in [0.1, 0.15) is 36.5 Å². The van der Waals surface area contributed by atoms with Crippen molar-refractivity contribution in [3.63, 3.8) is 0 Å². The molecule has 0 saturated carbocycles. The number of aryl methyl sites for hydroxylation is 1. The molecule has 2 aromatic rings. The van der Waals surface area contributed by atoms with E-state index in [1.54, 1.807) is 0 Å². The van der Waals surface area contributed by atoms with E-state index in [1.807, 2.05) is 30.1 Å². The first-order valence-electron chi connectivity index (χ1n) is 9.20. The molecule has 0 radical (unpaired) electrons. The molecule has 1 saturated heterocycles. The van der Waals surface area contributed by atoms with Crippen molar-refractivity contribution in [2.24, 2.45) is 7.05 Å². The van der Waals surface area contributed by atoms with Crippen LogP contribution in [0.25, 0.3) is 0 Å². The van der Waals surface area contributed by atoms with E-state index in [0.29, 0.717) is 6.10 Å². The van der Waals surface area contributed by atoms with E-state index in [9.17, 15) is 5.11 Å². The van der Waals surface area contributed by atoms with Gasteiger partial charge in [0.25, 0.3) is 0 Å². The van der Waals surface area contributed by atoms with Gasteiger partial charge in [0.2, 0.25) is 0 Å². The minimum atomic E-state index is 0.0990. The molecule has 1 N–H and O–H groups in total. The first kappa shape index (κ1) is 18.1. The highest BCUT2D eigenvalue weighted by Crippen LogP contribution is 2.24. The zero-order chi connectivity index (χ0) is 17.6. The van der Waals surface area contributed by atoms with Crippen LogP contribution in [0.2, 0.25) is 0 Å². The number of aliphatic hydroxyl groups is 1. The largest absolute Gasteiger partial charge is 0.392 e. The molecular weight excluding hydrogens is 314 g/mol. The lowest BCUT2D eigenvalue weighted by atomic mass is 10.0. The van der Waals surface area contributed by atoms with Gasteiger partial charge in [-0.05, 0) is 36.9 Å². The summed E-state index contributed by atoms with van der Waals surface area (Å²) < 4.78 is 8.14. The summed E-state index contributed by atoms with van der Waals surface area (Å²) in [5.41, 5.74) is 3.47. The monoisotopic (exact) mass is 343 g/mol. The molecule has 1 aromatic heterocycles. The highest BCUT2D eigenvalue weighted by Gasteiger charge is 2.26. The minimum absolute atomic E-state index is 0.0990. The molecule has 3 rings (SSSR count). The van der Waals surface area contributed by atoms with Crippen LogP contribution in [-0.4, -0.2) is 45.1 Å². The van der Waals surface area contributed by atoms with Gasteiger partial charge in [0.15, 0.2) is 0 Å². The average molecular weight is 343 g/mol. The fourth-order valence-corrected chi connectivity index (χ4v) is 3.59. The third-order valence-corrected chi connectivity index (χ3v) is 4.91. The molecule has 25 heavy (non-hydrogen) atoms. The summed E-state index contributed by atoms with van der Waals surface area (Å²) in [5, 5.41) is 13.5. The standard InChI is InChI=1S/C20H29N3O2/c1-3-23(13-18-11-21-22(2)12-18)14-20-8-7-19(25-20)10-16-5-4-6-17(9-16)15-24/h4-6,9,11-12,19-20,24H,3,7-8,10,13-15H2,1-2H3/t19-,20+/m0/s1. The van der Waals surface area contributed by atoms with Crippen LogP contribution >= 0.6 is 0 Å². The van der Waals surface area contributed by atoms with E-state index >= 15 is 0 Å². The Morgan fingerprint density at radius 1 is 1.24 bits per heavy atom. The maximum absolute atomic E-state index is 9.27. The number of rotatable bonds is 8. The van der Waals surface area contributed by atoms with Crippen LogP contribution in [0.3, 0.4) is 0 Å². The molecule has 2 atom stereocenters. The summed E-state index contributed by atoms with van der Waals surface area (Å²) in [4.78, 5) is 2.43. The molecule has 0 unspecified atom stereocenters. The summed E-state index contributed by atoms with van der Waals surface area (Å²) in [6.07, 6.45) is 7.77. The second-order valence-electron chi connectivity index (χ2n) is 6.99. The van der Waals surface area contributed by atoms with Crippen molar-refractivity contribution in [2.45, 2.75) is 51.5 Å². The number of nitrogens with zero attached hydrogens (tertiary/aromatic N) is 3. The number of aromatic nitrogens is 2. The number of aliphatic hydroxyl groups excluding tert-OH is 1. The van der Waals surface area contributed by atoms with Gasteiger partial charge in [-0.1, -0.05) is 31.2 Å². The topological polar surface area (TPSA) is 50.5 Å². The summed E-state index contributed by atoms with van der Waals surface area (Å²) in [7, 11) is 1.95. The van der Waals surface area contributed by atoms with Gasteiger partial charge in [0, 0.05) is 31.9 Å². The Hall–Kier alpha value is -1.69. The Kier molecular flexibility index (Phi) is 6.24. The highest BCUT2D eigenvalue weighted by atomic mass is 16.5. The summed E-state index contributed by atoms with van der Waals surface area (Å²) in [5.74, 6) is 0. The van der Waals surface area contributed by atoms with Crippen molar-refractivity contribution in [3.05, 3.63) is 53.3 Å². The van der Waals surface area contributed by atoms with Gasteiger partial charge in [0.1, 0.15) is 0 Å². The van der Waals surface area contributed by atoms with E-state index in [0.717, 1.165) is 44.5 Å². The fourth-order valence-electron chi connectivity index (χ4n) is 3.59. The minimum Gasteiger partial charge on any atom is -0.392 e. The van der Waals surface area contributed by atoms with Crippen LogP contribution in [0.5, 0.6) is 0 Å². The SMILES string of the molecule is CCN(Cc1cnn(C)c1)C[C@H]1CC[C@@H](Cc2cccc(CO)c2)O1. The van der Waals surface area contributed by atoms with E-state index in [1.165, 1.54) is 11.1 Å². The van der Waals surface area contributed by atoms with Gasteiger partial charge in [-0.25, -0.2) is 0 Å². The summed E-state index contributed by atoms with van der Waals surface area (Å²) in [6, 6.07) is 8.17. The predicted molar refractivity (Wildman–Crippen MR) is 98.1 cm³/mol. The number of likely N-dealkylation sites (N-methyl/N-ethyl adjacent to an activating group) is 1. The highest BCUT2D eigenvalue weighted by molar-refractivity contribution is 5.23. The predicted octanol–water partition coefficient (Wildman–Crippen LogP) is 2.52. The molecule has 5 heteroatoms. The molecule has 1 fully saturated rings. The third kappa shape index (κ3) is 5.14. The molecule has 136 valence electrons. The Bertz CT molecular complexity index is 670. The quantitative estimate of drug-likeness (QED) is 0.800. The molecule has 0 aliphatic carbocycles. The first-order valence-corrected chi connectivity index (χ1v) is 9.20. The second-order valence-corrected chi connectivity index (χ2v) is 6.99. The zero-order valence-electron chi connectivity index (χ0n) is 15.3. The van der Waals surface area contributed by atoms with Crippen molar-refractivity contribution in [2.75, 3.05) is 13.1 Å². The lowest BCUT2D eigenvalue weighted by Gasteiger charge is -2.23. The Balaban J connectivity index is 1.49. The molecule has 1 aromatic carbocycles. The van der Waals surface area contributed by atoms with Gasteiger partial charge < -0.3 is 9.84 Å². The van der Waals surface area contributed by atoms with Crippen molar-refractivity contribution in [1.29, 1.82) is 0 Å². The van der Waals surface area contributed by atoms with Gasteiger partial charge in [-0.2, -0.15) is 5.10 Å². The van der Waals surface area contributed by atoms with Crippen LogP contribution in [0.15, 0.2) is 36.7 Å². The van der Waals surface area contributed by atoms with E-state index in [2.05, 4.69) is 35.3 Å². The molecular formula is C20H29N3O2. The summed E-state index contributed by atoms with van der Waals surface area (Å²) in [6.45, 7) is 5.20. The maximum Gasteiger partial charge on any atom is 0.0707 e. The van der Waals surface area contributed by atoms with E-state index in [4.69, 9.17) is 4.74 Å². The molecule has 0 amide bonds. The Morgan fingerprint density at radius 2 is 2.04 bits per heavy atom. The van der Waals surface area contributed by atoms with Crippen LogP contribution < -0.4 is 0 Å². The van der Waals surface area contributed by atoms with Gasteiger partial charge in [-0.15, -0.1) is 0 Å². The van der Waals surface area contributed by atoms with Crippen LogP contribution in [-0.2, 0) is 31.4 Å². The first-order chi connectivity index (χ1) is 12.2. The van der Waals surface area contributed by atoms with Crippen molar-refractivity contribution < 1.29 is 9.84 Å². The molecule has 1 aliphatic heterocycles. The van der Waals surface area contributed by atoms with E-state index < -0.39 is 0 Å². The molecule has 2 heterocycles. The Labute approximate surface area is 150 Å². The molecule has 0 spiro atoms. The molecule has 1 aliphatic rings. The molecule has 5 nitrogen and oxygen atoms in total. The van der Waals surface area contributed by atoms with Gasteiger partial charge in [-0.3, -0.25) is 9.58 Å². The van der Waals surface area contributed by atoms with Crippen molar-refractivity contribution in [1.82, 2.24) is 14.7 Å². The van der Waals surface area contributed by atoms with Crippen molar-refractivity contribution >= 4 is 0 Å². The average Bonchev–Trinajstić information content (AvgIpc) is 3.23. The smallest absolute Gasteiger partial charge is 0.0707 e. The van der Waals surface area contributed by atoms with Crippen LogP contribution in [0.4, 0.5) is 0 Å².